The van der Waals surface area contributed by atoms with Crippen LogP contribution in [0.1, 0.15) is 35.3 Å². The third-order valence-corrected chi connectivity index (χ3v) is 6.79. The van der Waals surface area contributed by atoms with Crippen molar-refractivity contribution in [2.75, 3.05) is 26.8 Å². The second-order valence-corrected chi connectivity index (χ2v) is 9.04. The summed E-state index contributed by atoms with van der Waals surface area (Å²) in [5.41, 5.74) is 2.88. The first kappa shape index (κ1) is 22.3. The van der Waals surface area contributed by atoms with Crippen molar-refractivity contribution < 1.29 is 9.53 Å². The third-order valence-electron chi connectivity index (χ3n) is 6.79. The standard InChI is InChI=1S/C27H30N4O3/c1-34-17-7-14-30-23(19-22-25(30)28-24-10-5-6-13-31(24)26(22)32)27(33)29-15-11-21(12-16-29)18-20-8-3-2-4-9-20/h2-6,8-10,13,19,21H,7,11-12,14-18H2,1H3. The molecule has 5 rings (SSSR count). The van der Waals surface area contributed by atoms with Crippen molar-refractivity contribution in [3.8, 4) is 0 Å². The minimum atomic E-state index is -0.151. The lowest BCUT2D eigenvalue weighted by atomic mass is 9.90. The minimum Gasteiger partial charge on any atom is -0.385 e. The van der Waals surface area contributed by atoms with E-state index < -0.39 is 0 Å². The highest BCUT2D eigenvalue weighted by molar-refractivity contribution is 5.98. The molecule has 4 aromatic rings. The monoisotopic (exact) mass is 458 g/mol. The van der Waals surface area contributed by atoms with Gasteiger partial charge in [-0.2, -0.15) is 0 Å². The van der Waals surface area contributed by atoms with E-state index in [1.807, 2.05) is 33.7 Å². The molecule has 0 N–H and O–H groups in total. The number of aryl methyl sites for hydroxylation is 1. The van der Waals surface area contributed by atoms with Gasteiger partial charge in [0.05, 0.1) is 5.39 Å². The molecule has 0 unspecified atom stereocenters. The molecule has 0 radical (unpaired) electrons. The molecule has 0 spiro atoms. The van der Waals surface area contributed by atoms with Gasteiger partial charge in [0.2, 0.25) is 0 Å². The summed E-state index contributed by atoms with van der Waals surface area (Å²) in [6, 6.07) is 17.8. The summed E-state index contributed by atoms with van der Waals surface area (Å²) in [5, 5.41) is 0.475. The largest absolute Gasteiger partial charge is 0.385 e. The van der Waals surface area contributed by atoms with Gasteiger partial charge in [0.25, 0.3) is 11.5 Å². The van der Waals surface area contributed by atoms with Crippen LogP contribution in [0.4, 0.5) is 0 Å². The second-order valence-electron chi connectivity index (χ2n) is 9.04. The van der Waals surface area contributed by atoms with E-state index in [4.69, 9.17) is 9.72 Å². The van der Waals surface area contributed by atoms with Crippen molar-refractivity contribution in [1.29, 1.82) is 0 Å². The zero-order valence-corrected chi connectivity index (χ0v) is 19.5. The number of carbonyl (C=O) groups excluding carboxylic acids is 1. The van der Waals surface area contributed by atoms with Gasteiger partial charge in [-0.3, -0.25) is 14.0 Å². The summed E-state index contributed by atoms with van der Waals surface area (Å²) in [6.45, 7) is 2.59. The summed E-state index contributed by atoms with van der Waals surface area (Å²) in [5.74, 6) is 0.553. The lowest BCUT2D eigenvalue weighted by molar-refractivity contribution is 0.0679. The number of likely N-dealkylation sites (tertiary alicyclic amines) is 1. The molecule has 1 fully saturated rings. The highest BCUT2D eigenvalue weighted by Gasteiger charge is 2.27. The van der Waals surface area contributed by atoms with Crippen LogP contribution in [0.2, 0.25) is 0 Å². The van der Waals surface area contributed by atoms with E-state index in [1.165, 1.54) is 9.96 Å². The average molecular weight is 459 g/mol. The number of pyridine rings is 1. The Morgan fingerprint density at radius 1 is 1.09 bits per heavy atom. The number of hydrogen-bond donors (Lipinski definition) is 0. The number of benzene rings is 1. The molecule has 0 bridgehead atoms. The number of ether oxygens (including phenoxy) is 1. The van der Waals surface area contributed by atoms with Gasteiger partial charge in [-0.05, 0) is 55.4 Å². The molecule has 3 aromatic heterocycles. The number of carbonyl (C=O) groups is 1. The molecule has 1 aliphatic rings. The van der Waals surface area contributed by atoms with Crippen LogP contribution in [0, 0.1) is 5.92 Å². The molecule has 0 saturated carbocycles. The van der Waals surface area contributed by atoms with Crippen LogP contribution in [-0.4, -0.2) is 51.6 Å². The summed E-state index contributed by atoms with van der Waals surface area (Å²) in [7, 11) is 1.66. The van der Waals surface area contributed by atoms with Crippen molar-refractivity contribution in [2.45, 2.75) is 32.2 Å². The first-order valence-corrected chi connectivity index (χ1v) is 12.0. The van der Waals surface area contributed by atoms with Gasteiger partial charge in [-0.15, -0.1) is 0 Å². The van der Waals surface area contributed by atoms with E-state index in [9.17, 15) is 9.59 Å². The van der Waals surface area contributed by atoms with Crippen molar-refractivity contribution >= 4 is 22.6 Å². The van der Waals surface area contributed by atoms with E-state index in [0.29, 0.717) is 41.4 Å². The molecule has 0 aliphatic carbocycles. The summed E-state index contributed by atoms with van der Waals surface area (Å²) >= 11 is 0. The Balaban J connectivity index is 1.42. The van der Waals surface area contributed by atoms with Gasteiger partial charge in [0.15, 0.2) is 0 Å². The van der Waals surface area contributed by atoms with E-state index in [2.05, 4.69) is 24.3 Å². The molecule has 7 heteroatoms. The number of fused-ring (bicyclic) bond motifs is 2. The topological polar surface area (TPSA) is 68.8 Å². The van der Waals surface area contributed by atoms with E-state index >= 15 is 0 Å². The Morgan fingerprint density at radius 3 is 2.62 bits per heavy atom. The first-order valence-electron chi connectivity index (χ1n) is 12.0. The average Bonchev–Trinajstić information content (AvgIpc) is 3.24. The number of amides is 1. The fraction of sp³-hybridized carbons (Fsp3) is 0.370. The summed E-state index contributed by atoms with van der Waals surface area (Å²) in [4.78, 5) is 33.5. The number of hydrogen-bond acceptors (Lipinski definition) is 4. The van der Waals surface area contributed by atoms with Gasteiger partial charge >= 0.3 is 0 Å². The molecular weight excluding hydrogens is 428 g/mol. The molecule has 1 aromatic carbocycles. The number of aromatic nitrogens is 3. The van der Waals surface area contributed by atoms with Crippen LogP contribution in [0.5, 0.6) is 0 Å². The van der Waals surface area contributed by atoms with Crippen molar-refractivity contribution in [3.05, 3.63) is 82.4 Å². The van der Waals surface area contributed by atoms with Gasteiger partial charge in [-0.25, -0.2) is 4.98 Å². The molecule has 176 valence electrons. The predicted molar refractivity (Wildman–Crippen MR) is 132 cm³/mol. The summed E-state index contributed by atoms with van der Waals surface area (Å²) in [6.07, 6.45) is 5.46. The fourth-order valence-electron chi connectivity index (χ4n) is 4.97. The normalized spacial score (nSPS) is 14.8. The minimum absolute atomic E-state index is 0.0259. The van der Waals surface area contributed by atoms with Crippen molar-refractivity contribution in [1.82, 2.24) is 18.9 Å². The van der Waals surface area contributed by atoms with Gasteiger partial charge in [0, 0.05) is 39.5 Å². The maximum absolute atomic E-state index is 13.6. The lowest BCUT2D eigenvalue weighted by Gasteiger charge is -2.32. The molecule has 34 heavy (non-hydrogen) atoms. The molecule has 1 amide bonds. The van der Waals surface area contributed by atoms with Crippen LogP contribution in [0.3, 0.4) is 0 Å². The highest BCUT2D eigenvalue weighted by atomic mass is 16.5. The van der Waals surface area contributed by atoms with Gasteiger partial charge in [0.1, 0.15) is 17.0 Å². The molecule has 1 saturated heterocycles. The molecule has 4 heterocycles. The van der Waals surface area contributed by atoms with Crippen LogP contribution in [0.25, 0.3) is 16.7 Å². The third kappa shape index (κ3) is 4.35. The molecule has 7 nitrogen and oxygen atoms in total. The lowest BCUT2D eigenvalue weighted by Crippen LogP contribution is -2.39. The molecule has 0 atom stereocenters. The fourth-order valence-corrected chi connectivity index (χ4v) is 4.97. The Hall–Kier alpha value is -3.45. The molecule has 1 aliphatic heterocycles. The highest BCUT2D eigenvalue weighted by Crippen LogP contribution is 2.25. The van der Waals surface area contributed by atoms with Crippen LogP contribution < -0.4 is 5.56 Å². The number of methoxy groups -OCH3 is 1. The van der Waals surface area contributed by atoms with Crippen molar-refractivity contribution in [2.24, 2.45) is 5.92 Å². The quantitative estimate of drug-likeness (QED) is 0.395. The maximum Gasteiger partial charge on any atom is 0.270 e. The predicted octanol–water partition coefficient (Wildman–Crippen LogP) is 3.78. The number of piperidine rings is 1. The van der Waals surface area contributed by atoms with E-state index in [-0.39, 0.29) is 11.5 Å². The zero-order valence-electron chi connectivity index (χ0n) is 19.5. The molecular formula is C27H30N4O3. The van der Waals surface area contributed by atoms with E-state index in [1.54, 1.807) is 19.4 Å². The van der Waals surface area contributed by atoms with Crippen LogP contribution in [0.15, 0.2) is 65.6 Å². The Kier molecular flexibility index (Phi) is 6.45. The zero-order chi connectivity index (χ0) is 23.5. The number of nitrogens with zero attached hydrogens (tertiary/aromatic N) is 4. The van der Waals surface area contributed by atoms with Gasteiger partial charge in [-0.1, -0.05) is 36.4 Å². The Morgan fingerprint density at radius 2 is 1.85 bits per heavy atom. The first-order chi connectivity index (χ1) is 16.7. The Labute approximate surface area is 198 Å². The smallest absolute Gasteiger partial charge is 0.270 e. The van der Waals surface area contributed by atoms with Gasteiger partial charge < -0.3 is 14.2 Å². The van der Waals surface area contributed by atoms with Crippen LogP contribution >= 0.6 is 0 Å². The summed E-state index contributed by atoms with van der Waals surface area (Å²) < 4.78 is 8.67. The van der Waals surface area contributed by atoms with E-state index in [0.717, 1.165) is 38.8 Å². The maximum atomic E-state index is 13.6. The van der Waals surface area contributed by atoms with Crippen LogP contribution in [-0.2, 0) is 17.7 Å². The number of rotatable bonds is 7. The van der Waals surface area contributed by atoms with Crippen molar-refractivity contribution in [3.63, 3.8) is 0 Å². The Bertz CT molecular complexity index is 1350. The second kappa shape index (κ2) is 9.81. The SMILES string of the molecule is COCCCn1c(C(=O)N2CCC(Cc3ccccc3)CC2)cc2c(=O)n3ccccc3nc21.